The predicted molar refractivity (Wildman–Crippen MR) is 163 cm³/mol. The van der Waals surface area contributed by atoms with Gasteiger partial charge in [0, 0.05) is 41.7 Å². The molecule has 5 heteroatoms. The van der Waals surface area contributed by atoms with Gasteiger partial charge in [-0.2, -0.15) is 0 Å². The molecule has 3 aromatic carbocycles. The molecular formula is C36H40FN3O. The van der Waals surface area contributed by atoms with Crippen molar-refractivity contribution in [3.8, 4) is 0 Å². The summed E-state index contributed by atoms with van der Waals surface area (Å²) in [6.07, 6.45) is 8.50. The third-order valence-electron chi connectivity index (χ3n) is 10.00. The number of hydrogen-bond donors (Lipinski definition) is 1. The Morgan fingerprint density at radius 3 is 2.39 bits per heavy atom. The van der Waals surface area contributed by atoms with Crippen molar-refractivity contribution in [1.82, 2.24) is 14.8 Å². The van der Waals surface area contributed by atoms with Gasteiger partial charge in [-0.1, -0.05) is 54.6 Å². The summed E-state index contributed by atoms with van der Waals surface area (Å²) in [4.78, 5) is 21.6. The van der Waals surface area contributed by atoms with Gasteiger partial charge in [0.05, 0.1) is 0 Å². The average Bonchev–Trinajstić information content (AvgIpc) is 3.55. The number of nitrogens with one attached hydrogen (secondary N) is 1. The molecule has 2 fully saturated rings. The lowest BCUT2D eigenvalue weighted by molar-refractivity contribution is 0.0895. The van der Waals surface area contributed by atoms with Crippen molar-refractivity contribution >= 4 is 16.7 Å². The summed E-state index contributed by atoms with van der Waals surface area (Å²) >= 11 is 0. The number of piperidine rings is 2. The summed E-state index contributed by atoms with van der Waals surface area (Å²) in [5.41, 5.74) is 6.94. The van der Waals surface area contributed by atoms with Crippen LogP contribution in [-0.4, -0.2) is 46.7 Å². The van der Waals surface area contributed by atoms with Crippen LogP contribution in [0, 0.1) is 17.7 Å². The van der Waals surface area contributed by atoms with Gasteiger partial charge in [-0.3, -0.25) is 14.6 Å². The van der Waals surface area contributed by atoms with Gasteiger partial charge in [-0.05, 0) is 111 Å². The molecule has 1 aromatic heterocycles. The monoisotopic (exact) mass is 549 g/mol. The van der Waals surface area contributed by atoms with Gasteiger partial charge < -0.3 is 4.98 Å². The number of aromatic nitrogens is 1. The van der Waals surface area contributed by atoms with Crippen LogP contribution in [0.1, 0.15) is 70.6 Å². The summed E-state index contributed by atoms with van der Waals surface area (Å²) in [7, 11) is 0. The number of carbonyl (C=O) groups excluding carboxylic acids is 1. The fourth-order valence-electron chi connectivity index (χ4n) is 7.67. The summed E-state index contributed by atoms with van der Waals surface area (Å²) in [6, 6.07) is 22.7. The maximum atomic E-state index is 14.4. The van der Waals surface area contributed by atoms with Crippen molar-refractivity contribution in [3.63, 3.8) is 0 Å². The maximum Gasteiger partial charge on any atom is 0.166 e. The fourth-order valence-corrected chi connectivity index (χ4v) is 7.67. The lowest BCUT2D eigenvalue weighted by Crippen LogP contribution is -2.34. The average molecular weight is 550 g/mol. The molecule has 41 heavy (non-hydrogen) atoms. The molecule has 2 aliphatic heterocycles. The minimum atomic E-state index is -0.145. The number of likely N-dealkylation sites (tertiary alicyclic amines) is 2. The van der Waals surface area contributed by atoms with Crippen molar-refractivity contribution in [1.29, 1.82) is 0 Å². The number of Topliss-reactive ketones (excluding diaryl/α,β-unsaturated/α-hetero) is 1. The molecule has 212 valence electrons. The number of H-pyrrole nitrogens is 1. The third-order valence-corrected chi connectivity index (χ3v) is 10.00. The van der Waals surface area contributed by atoms with E-state index in [0.29, 0.717) is 17.6 Å². The molecule has 4 aromatic rings. The van der Waals surface area contributed by atoms with Crippen LogP contribution < -0.4 is 0 Å². The molecule has 1 aliphatic carbocycles. The Labute approximate surface area is 242 Å². The van der Waals surface area contributed by atoms with E-state index in [-0.39, 0.29) is 11.7 Å². The number of carbonyl (C=O) groups is 1. The predicted octanol–water partition coefficient (Wildman–Crippen LogP) is 7.34. The number of hydrogen-bond acceptors (Lipinski definition) is 3. The van der Waals surface area contributed by atoms with E-state index < -0.39 is 0 Å². The maximum absolute atomic E-state index is 14.4. The molecule has 1 atom stereocenters. The number of ketones is 1. The van der Waals surface area contributed by atoms with Crippen molar-refractivity contribution in [2.45, 2.75) is 57.5 Å². The highest BCUT2D eigenvalue weighted by molar-refractivity contribution is 6.02. The number of benzene rings is 3. The minimum absolute atomic E-state index is 0.145. The quantitative estimate of drug-likeness (QED) is 0.262. The van der Waals surface area contributed by atoms with Crippen molar-refractivity contribution in [2.75, 3.05) is 26.2 Å². The Hall–Kier alpha value is -3.28. The highest BCUT2D eigenvalue weighted by atomic mass is 19.1. The summed E-state index contributed by atoms with van der Waals surface area (Å²) < 4.78 is 14.4. The largest absolute Gasteiger partial charge is 0.361 e. The highest BCUT2D eigenvalue weighted by Gasteiger charge is 2.34. The van der Waals surface area contributed by atoms with E-state index in [0.717, 1.165) is 87.0 Å². The second-order valence-corrected chi connectivity index (χ2v) is 12.6. The van der Waals surface area contributed by atoms with Gasteiger partial charge in [-0.25, -0.2) is 4.39 Å². The number of rotatable bonds is 7. The lowest BCUT2D eigenvalue weighted by atomic mass is 9.85. The van der Waals surface area contributed by atoms with Gasteiger partial charge in [0.2, 0.25) is 0 Å². The van der Waals surface area contributed by atoms with Crippen LogP contribution in [0.15, 0.2) is 72.9 Å². The van der Waals surface area contributed by atoms with E-state index in [4.69, 9.17) is 0 Å². The Morgan fingerprint density at radius 2 is 1.59 bits per heavy atom. The van der Waals surface area contributed by atoms with E-state index in [2.05, 4.69) is 63.3 Å². The molecule has 7 rings (SSSR count). The zero-order chi connectivity index (χ0) is 27.8. The first kappa shape index (κ1) is 26.6. The first-order valence-corrected chi connectivity index (χ1v) is 15.5. The SMILES string of the molecule is O=C1c2ccc(C3CCN(Cc4c[nH]c5cccc(F)c45)CC3)cc2CC1CC1CCN(Cc2ccccc2)CC1. The van der Waals surface area contributed by atoms with Crippen LogP contribution in [0.3, 0.4) is 0 Å². The second kappa shape index (κ2) is 11.5. The molecule has 3 aliphatic rings. The number of halogens is 1. The smallest absolute Gasteiger partial charge is 0.166 e. The van der Waals surface area contributed by atoms with Crippen LogP contribution in [0.5, 0.6) is 0 Å². The third kappa shape index (κ3) is 5.62. The van der Waals surface area contributed by atoms with Gasteiger partial charge in [0.15, 0.2) is 5.78 Å². The van der Waals surface area contributed by atoms with E-state index in [1.807, 2.05) is 12.3 Å². The van der Waals surface area contributed by atoms with Gasteiger partial charge in [0.1, 0.15) is 5.82 Å². The van der Waals surface area contributed by atoms with Crippen LogP contribution in [0.4, 0.5) is 4.39 Å². The van der Waals surface area contributed by atoms with Crippen molar-refractivity contribution in [2.24, 2.45) is 11.8 Å². The first-order chi connectivity index (χ1) is 20.1. The second-order valence-electron chi connectivity index (χ2n) is 12.6. The molecule has 1 N–H and O–H groups in total. The van der Waals surface area contributed by atoms with E-state index >= 15 is 0 Å². The molecule has 1 unspecified atom stereocenters. The highest BCUT2D eigenvalue weighted by Crippen LogP contribution is 2.37. The fraction of sp³-hybridized carbons (Fsp3) is 0.417. The zero-order valence-electron chi connectivity index (χ0n) is 23.8. The Morgan fingerprint density at radius 1 is 0.829 bits per heavy atom. The van der Waals surface area contributed by atoms with Crippen LogP contribution in [0.2, 0.25) is 0 Å². The number of aromatic amines is 1. The summed E-state index contributed by atoms with van der Waals surface area (Å²) in [6.45, 7) is 6.09. The lowest BCUT2D eigenvalue weighted by Gasteiger charge is -2.33. The Bertz CT molecular complexity index is 1510. The van der Waals surface area contributed by atoms with E-state index in [1.165, 1.54) is 29.5 Å². The Balaban J connectivity index is 0.919. The molecular weight excluding hydrogens is 509 g/mol. The summed E-state index contributed by atoms with van der Waals surface area (Å²) in [5.74, 6) is 1.57. The molecule has 3 heterocycles. The van der Waals surface area contributed by atoms with Crippen LogP contribution in [0.25, 0.3) is 10.9 Å². The Kier molecular flexibility index (Phi) is 7.49. The van der Waals surface area contributed by atoms with Crippen LogP contribution >= 0.6 is 0 Å². The molecule has 0 bridgehead atoms. The number of fused-ring (bicyclic) bond motifs is 2. The first-order valence-electron chi connectivity index (χ1n) is 15.5. The molecule has 0 saturated carbocycles. The molecule has 0 radical (unpaired) electrons. The van der Waals surface area contributed by atoms with Gasteiger partial charge >= 0.3 is 0 Å². The van der Waals surface area contributed by atoms with Crippen molar-refractivity contribution < 1.29 is 9.18 Å². The summed E-state index contributed by atoms with van der Waals surface area (Å²) in [5, 5.41) is 0.727. The van der Waals surface area contributed by atoms with Crippen molar-refractivity contribution in [3.05, 3.63) is 107 Å². The molecule has 0 spiro atoms. The molecule has 0 amide bonds. The number of nitrogens with zero attached hydrogens (tertiary/aromatic N) is 2. The standard InChI is InChI=1S/C36H40FN3O/c37-33-7-4-8-34-35(33)31(22-38-34)24-40-17-13-27(14-18-40)28-9-10-32-29(20-28)21-30(36(32)41)19-25-11-15-39(16-12-25)23-26-5-2-1-3-6-26/h1-10,20,22,25,27,30,38H,11-19,21,23-24H2. The van der Waals surface area contributed by atoms with Crippen LogP contribution in [-0.2, 0) is 19.5 Å². The molecule has 2 saturated heterocycles. The van der Waals surface area contributed by atoms with Gasteiger partial charge in [-0.15, -0.1) is 0 Å². The van der Waals surface area contributed by atoms with E-state index in [1.54, 1.807) is 12.1 Å². The van der Waals surface area contributed by atoms with Gasteiger partial charge in [0.25, 0.3) is 0 Å². The normalized spacial score (nSPS) is 21.1. The minimum Gasteiger partial charge on any atom is -0.361 e. The molecule has 4 nitrogen and oxygen atoms in total. The van der Waals surface area contributed by atoms with E-state index in [9.17, 15) is 9.18 Å². The zero-order valence-corrected chi connectivity index (χ0v) is 23.8. The topological polar surface area (TPSA) is 39.3 Å².